The number of aryl methyl sites for hydroxylation is 1. The first-order valence-corrected chi connectivity index (χ1v) is 11.3. The van der Waals surface area contributed by atoms with Gasteiger partial charge in [-0.05, 0) is 43.0 Å². The van der Waals surface area contributed by atoms with Crippen LogP contribution in [0.25, 0.3) is 0 Å². The van der Waals surface area contributed by atoms with Gasteiger partial charge in [-0.2, -0.15) is 0 Å². The molecule has 3 amide bonds. The first kappa shape index (κ1) is 22.0. The van der Waals surface area contributed by atoms with Gasteiger partial charge in [-0.25, -0.2) is 4.79 Å². The fraction of sp³-hybridized carbons (Fsp3) is 0.429. The maximum absolute atomic E-state index is 12.9. The van der Waals surface area contributed by atoms with E-state index in [1.807, 2.05) is 19.1 Å². The molecule has 0 radical (unpaired) electrons. The molecule has 1 aromatic carbocycles. The number of nitrogens with one attached hydrogen (secondary N) is 2. The van der Waals surface area contributed by atoms with Crippen LogP contribution in [-0.2, 0) is 13.1 Å². The normalized spacial score (nSPS) is 23.1. The number of carbonyl (C=O) groups excluding carboxylic acids is 2. The summed E-state index contributed by atoms with van der Waals surface area (Å²) < 4.78 is 0. The van der Waals surface area contributed by atoms with Crippen LogP contribution in [0.1, 0.15) is 39.2 Å². The SMILES string of the molecule is Cc1ccc(N(C)C(=O)NCc2scc3c2CN(C2CCC(O)NC2O)C3=O)cc1Cl. The predicted molar refractivity (Wildman–Crippen MR) is 119 cm³/mol. The molecule has 4 rings (SSSR count). The molecule has 3 unspecified atom stereocenters. The summed E-state index contributed by atoms with van der Waals surface area (Å²) in [6.45, 7) is 2.58. The lowest BCUT2D eigenvalue weighted by Gasteiger charge is -2.37. The van der Waals surface area contributed by atoms with Crippen LogP contribution < -0.4 is 15.5 Å². The van der Waals surface area contributed by atoms with Crippen molar-refractivity contribution < 1.29 is 19.8 Å². The molecule has 10 heteroatoms. The van der Waals surface area contributed by atoms with E-state index in [-0.39, 0.29) is 11.9 Å². The van der Waals surface area contributed by atoms with Gasteiger partial charge in [0.15, 0.2) is 0 Å². The minimum absolute atomic E-state index is 0.127. The Morgan fingerprint density at radius 3 is 2.87 bits per heavy atom. The third-order valence-corrected chi connectivity index (χ3v) is 7.35. The van der Waals surface area contributed by atoms with E-state index in [2.05, 4.69) is 10.6 Å². The number of nitrogens with zero attached hydrogens (tertiary/aromatic N) is 2. The highest BCUT2D eigenvalue weighted by atomic mass is 35.5. The Morgan fingerprint density at radius 1 is 1.39 bits per heavy atom. The second-order valence-corrected chi connectivity index (χ2v) is 9.28. The zero-order valence-electron chi connectivity index (χ0n) is 17.3. The molecule has 2 aliphatic rings. The van der Waals surface area contributed by atoms with Crippen molar-refractivity contribution in [1.29, 1.82) is 0 Å². The number of carbonyl (C=O) groups is 2. The lowest BCUT2D eigenvalue weighted by Crippen LogP contribution is -2.57. The number of benzene rings is 1. The Bertz CT molecular complexity index is 1010. The van der Waals surface area contributed by atoms with E-state index in [9.17, 15) is 19.8 Å². The number of amides is 3. The van der Waals surface area contributed by atoms with E-state index in [1.54, 1.807) is 23.4 Å². The van der Waals surface area contributed by atoms with Gasteiger partial charge >= 0.3 is 6.03 Å². The van der Waals surface area contributed by atoms with Crippen LogP contribution in [0.15, 0.2) is 23.6 Å². The van der Waals surface area contributed by atoms with Gasteiger partial charge in [0.1, 0.15) is 12.5 Å². The van der Waals surface area contributed by atoms with Gasteiger partial charge in [-0.1, -0.05) is 17.7 Å². The van der Waals surface area contributed by atoms with Crippen molar-refractivity contribution in [2.45, 2.75) is 51.4 Å². The molecule has 3 atom stereocenters. The van der Waals surface area contributed by atoms with Crippen LogP contribution in [-0.4, -0.2) is 52.6 Å². The zero-order chi connectivity index (χ0) is 22.3. The summed E-state index contributed by atoms with van der Waals surface area (Å²) in [5, 5.41) is 27.9. The van der Waals surface area contributed by atoms with Crippen LogP contribution in [0.5, 0.6) is 0 Å². The van der Waals surface area contributed by atoms with Gasteiger partial charge in [0, 0.05) is 34.6 Å². The Morgan fingerprint density at radius 2 is 2.16 bits per heavy atom. The Balaban J connectivity index is 1.41. The third-order valence-electron chi connectivity index (χ3n) is 5.91. The van der Waals surface area contributed by atoms with Crippen LogP contribution in [0.4, 0.5) is 10.5 Å². The zero-order valence-corrected chi connectivity index (χ0v) is 18.8. The molecule has 8 nitrogen and oxygen atoms in total. The number of thiophene rings is 1. The maximum atomic E-state index is 12.9. The van der Waals surface area contributed by atoms with E-state index in [4.69, 9.17) is 11.6 Å². The lowest BCUT2D eigenvalue weighted by molar-refractivity contribution is -0.0477. The molecule has 0 saturated carbocycles. The molecule has 0 aliphatic carbocycles. The Kier molecular flexibility index (Phi) is 6.23. The number of aliphatic hydroxyl groups is 2. The number of rotatable bonds is 4. The Labute approximate surface area is 189 Å². The van der Waals surface area contributed by atoms with Crippen LogP contribution in [0.3, 0.4) is 0 Å². The minimum atomic E-state index is -0.974. The van der Waals surface area contributed by atoms with E-state index < -0.39 is 18.5 Å². The number of fused-ring (bicyclic) bond motifs is 1. The number of aliphatic hydroxyl groups excluding tert-OH is 2. The van der Waals surface area contributed by atoms with Gasteiger partial charge in [0.05, 0.1) is 18.2 Å². The maximum Gasteiger partial charge on any atom is 0.321 e. The number of piperidine rings is 1. The van der Waals surface area contributed by atoms with Gasteiger partial charge in [0.25, 0.3) is 5.91 Å². The van der Waals surface area contributed by atoms with Gasteiger partial charge in [0.2, 0.25) is 0 Å². The highest BCUT2D eigenvalue weighted by Gasteiger charge is 2.40. The molecular formula is C21H25ClN4O4S. The van der Waals surface area contributed by atoms with Crippen LogP contribution >= 0.6 is 22.9 Å². The second-order valence-electron chi connectivity index (χ2n) is 7.91. The Hall–Kier alpha value is -2.17. The van der Waals surface area contributed by atoms with Crippen molar-refractivity contribution in [3.63, 3.8) is 0 Å². The summed E-state index contributed by atoms with van der Waals surface area (Å²) in [7, 11) is 1.67. The topological polar surface area (TPSA) is 105 Å². The molecule has 1 saturated heterocycles. The summed E-state index contributed by atoms with van der Waals surface area (Å²) in [6, 6.07) is 4.77. The van der Waals surface area contributed by atoms with Crippen molar-refractivity contribution in [3.8, 4) is 0 Å². The number of urea groups is 1. The van der Waals surface area contributed by atoms with Crippen molar-refractivity contribution in [2.75, 3.05) is 11.9 Å². The molecule has 0 spiro atoms. The molecule has 4 N–H and O–H groups in total. The number of hydrogen-bond acceptors (Lipinski definition) is 6. The predicted octanol–water partition coefficient (Wildman–Crippen LogP) is 2.40. The fourth-order valence-electron chi connectivity index (χ4n) is 3.97. The van der Waals surface area contributed by atoms with Crippen molar-refractivity contribution in [1.82, 2.24) is 15.5 Å². The van der Waals surface area contributed by atoms with E-state index >= 15 is 0 Å². The molecule has 31 heavy (non-hydrogen) atoms. The van der Waals surface area contributed by atoms with Gasteiger partial charge < -0.3 is 20.4 Å². The average molecular weight is 465 g/mol. The molecule has 2 aromatic rings. The van der Waals surface area contributed by atoms with Crippen molar-refractivity contribution >= 4 is 40.6 Å². The van der Waals surface area contributed by atoms with Crippen LogP contribution in [0.2, 0.25) is 5.02 Å². The van der Waals surface area contributed by atoms with E-state index in [0.717, 1.165) is 16.0 Å². The summed E-state index contributed by atoms with van der Waals surface area (Å²) in [6.07, 6.45) is -0.747. The average Bonchev–Trinajstić information content (AvgIpc) is 3.28. The third kappa shape index (κ3) is 4.28. The number of halogens is 1. The van der Waals surface area contributed by atoms with Gasteiger partial charge in [-0.15, -0.1) is 11.3 Å². The molecule has 2 aliphatic heterocycles. The highest BCUT2D eigenvalue weighted by molar-refractivity contribution is 7.10. The second kappa shape index (κ2) is 8.76. The standard InChI is InChI=1S/C21H25ClN4O4S/c1-11-3-4-12(7-15(11)22)25(2)21(30)23-8-17-13-9-26(20(29)14(13)10-31-17)16-5-6-18(27)24-19(16)28/h3-4,7,10,16,18-19,24,27-28H,5-6,8-9H2,1-2H3,(H,23,30). The molecule has 1 aromatic heterocycles. The molecule has 3 heterocycles. The monoisotopic (exact) mass is 464 g/mol. The lowest BCUT2D eigenvalue weighted by atomic mass is 10.0. The van der Waals surface area contributed by atoms with Crippen LogP contribution in [0, 0.1) is 6.92 Å². The molecule has 0 bridgehead atoms. The van der Waals surface area contributed by atoms with Crippen molar-refractivity contribution in [2.24, 2.45) is 0 Å². The quantitative estimate of drug-likeness (QED) is 0.556. The fourth-order valence-corrected chi connectivity index (χ4v) is 5.13. The number of anilines is 1. The van der Waals surface area contributed by atoms with E-state index in [1.165, 1.54) is 16.2 Å². The summed E-state index contributed by atoms with van der Waals surface area (Å²) in [5.74, 6) is -0.127. The first-order chi connectivity index (χ1) is 14.8. The smallest absolute Gasteiger partial charge is 0.321 e. The highest BCUT2D eigenvalue weighted by Crippen LogP contribution is 2.34. The molecular weight excluding hydrogens is 440 g/mol. The molecule has 1 fully saturated rings. The summed E-state index contributed by atoms with van der Waals surface area (Å²) >= 11 is 7.60. The minimum Gasteiger partial charge on any atom is -0.379 e. The van der Waals surface area contributed by atoms with Crippen molar-refractivity contribution in [3.05, 3.63) is 50.2 Å². The van der Waals surface area contributed by atoms with E-state index in [0.29, 0.717) is 42.2 Å². The van der Waals surface area contributed by atoms with Gasteiger partial charge in [-0.3, -0.25) is 15.0 Å². The summed E-state index contributed by atoms with van der Waals surface area (Å²) in [4.78, 5) is 29.5. The summed E-state index contributed by atoms with van der Waals surface area (Å²) in [5.41, 5.74) is 3.13. The largest absolute Gasteiger partial charge is 0.379 e. The molecule has 166 valence electrons. The first-order valence-electron chi connectivity index (χ1n) is 10.1. The number of hydrogen-bond donors (Lipinski definition) is 4.